The molecule has 1 rings (SSSR count). The van der Waals surface area contributed by atoms with Gasteiger partial charge in [0.15, 0.2) is 0 Å². The fourth-order valence-electron chi connectivity index (χ4n) is 2.75. The highest BCUT2D eigenvalue weighted by molar-refractivity contribution is 5.97. The average molecular weight is 296 g/mol. The van der Waals surface area contributed by atoms with E-state index in [1.807, 2.05) is 25.7 Å². The Kier molecular flexibility index (Phi) is 5.83. The van der Waals surface area contributed by atoms with Crippen molar-refractivity contribution in [1.82, 2.24) is 10.2 Å². The first-order chi connectivity index (χ1) is 9.58. The molecule has 2 amide bonds. The van der Waals surface area contributed by atoms with Crippen molar-refractivity contribution in [3.63, 3.8) is 0 Å². The number of amides is 2. The molecule has 0 aromatic carbocycles. The van der Waals surface area contributed by atoms with Crippen molar-refractivity contribution in [1.29, 1.82) is 0 Å². The summed E-state index contributed by atoms with van der Waals surface area (Å²) in [4.78, 5) is 27.1. The van der Waals surface area contributed by atoms with Crippen LogP contribution < -0.4 is 5.32 Å². The molecule has 0 aromatic rings. The van der Waals surface area contributed by atoms with Crippen LogP contribution in [0.15, 0.2) is 0 Å². The Bertz CT molecular complexity index is 385. The highest BCUT2D eigenvalue weighted by Gasteiger charge is 2.43. The molecule has 0 saturated carbocycles. The summed E-state index contributed by atoms with van der Waals surface area (Å²) in [6, 6.07) is -0.697. The van der Waals surface area contributed by atoms with Crippen LogP contribution >= 0.6 is 0 Å². The predicted molar refractivity (Wildman–Crippen MR) is 85.8 cm³/mol. The molecule has 3 atom stereocenters. The number of hydrogen-bond acceptors (Lipinski definition) is 2. The van der Waals surface area contributed by atoms with E-state index in [9.17, 15) is 9.59 Å². The van der Waals surface area contributed by atoms with E-state index in [1.165, 1.54) is 0 Å². The maximum atomic E-state index is 12.8. The molecule has 21 heavy (non-hydrogen) atoms. The molecule has 1 fully saturated rings. The van der Waals surface area contributed by atoms with E-state index in [0.29, 0.717) is 6.54 Å². The molecule has 0 spiro atoms. The van der Waals surface area contributed by atoms with Crippen molar-refractivity contribution in [2.24, 2.45) is 17.3 Å². The average Bonchev–Trinajstić information content (AvgIpc) is 2.36. The number of carbonyl (C=O) groups is 2. The lowest BCUT2D eigenvalue weighted by Gasteiger charge is -2.43. The highest BCUT2D eigenvalue weighted by atomic mass is 16.2. The van der Waals surface area contributed by atoms with Gasteiger partial charge in [-0.05, 0) is 23.7 Å². The monoisotopic (exact) mass is 296 g/mol. The van der Waals surface area contributed by atoms with Crippen LogP contribution in [0.1, 0.15) is 61.3 Å². The molecule has 3 unspecified atom stereocenters. The van der Waals surface area contributed by atoms with Crippen molar-refractivity contribution < 1.29 is 9.59 Å². The van der Waals surface area contributed by atoms with E-state index in [2.05, 4.69) is 33.0 Å². The van der Waals surface area contributed by atoms with E-state index in [4.69, 9.17) is 0 Å². The summed E-state index contributed by atoms with van der Waals surface area (Å²) in [5.74, 6) is 0.397. The molecule has 4 heteroatoms. The Morgan fingerprint density at radius 3 is 2.19 bits per heavy atom. The summed E-state index contributed by atoms with van der Waals surface area (Å²) >= 11 is 0. The van der Waals surface area contributed by atoms with Crippen molar-refractivity contribution in [3.05, 3.63) is 0 Å². The van der Waals surface area contributed by atoms with Gasteiger partial charge in [0, 0.05) is 6.54 Å². The standard InChI is InChI=1S/C17H32N2O2/c1-8-12(4)13-16(21)19(10-9-17(5,6)7)14(11(2)3)15(20)18-13/h11-14H,8-10H2,1-7H3,(H,18,20). The third-order valence-corrected chi connectivity index (χ3v) is 4.40. The topological polar surface area (TPSA) is 49.4 Å². The number of nitrogens with zero attached hydrogens (tertiary/aromatic N) is 1. The van der Waals surface area contributed by atoms with Crippen molar-refractivity contribution in [2.45, 2.75) is 73.4 Å². The van der Waals surface area contributed by atoms with Gasteiger partial charge in [0.2, 0.25) is 11.8 Å². The van der Waals surface area contributed by atoms with Gasteiger partial charge in [0.05, 0.1) is 0 Å². The summed E-state index contributed by atoms with van der Waals surface area (Å²) in [6.07, 6.45) is 1.79. The zero-order valence-corrected chi connectivity index (χ0v) is 14.7. The Morgan fingerprint density at radius 1 is 1.19 bits per heavy atom. The van der Waals surface area contributed by atoms with Gasteiger partial charge >= 0.3 is 0 Å². The number of carbonyl (C=O) groups excluding carboxylic acids is 2. The van der Waals surface area contributed by atoms with Crippen LogP contribution in [-0.4, -0.2) is 35.3 Å². The second-order valence-electron chi connectivity index (χ2n) is 7.90. The van der Waals surface area contributed by atoms with E-state index in [-0.39, 0.29) is 41.1 Å². The summed E-state index contributed by atoms with van der Waals surface area (Å²) in [5, 5.41) is 2.95. The smallest absolute Gasteiger partial charge is 0.246 e. The number of piperazine rings is 1. The molecule has 0 bridgehead atoms. The molecule has 0 radical (unpaired) electrons. The lowest BCUT2D eigenvalue weighted by atomic mass is 9.88. The molecule has 1 saturated heterocycles. The molecular formula is C17H32N2O2. The first-order valence-corrected chi connectivity index (χ1v) is 8.19. The minimum Gasteiger partial charge on any atom is -0.342 e. The molecule has 0 aliphatic carbocycles. The molecular weight excluding hydrogens is 264 g/mol. The Morgan fingerprint density at radius 2 is 1.76 bits per heavy atom. The van der Waals surface area contributed by atoms with Gasteiger partial charge in [-0.2, -0.15) is 0 Å². The molecule has 1 aliphatic heterocycles. The van der Waals surface area contributed by atoms with Crippen LogP contribution in [0.5, 0.6) is 0 Å². The van der Waals surface area contributed by atoms with Crippen LogP contribution in [0.25, 0.3) is 0 Å². The minimum absolute atomic E-state index is 0.00353. The fourth-order valence-corrected chi connectivity index (χ4v) is 2.75. The zero-order chi connectivity index (χ0) is 16.4. The second-order valence-corrected chi connectivity index (χ2v) is 7.90. The molecule has 1 heterocycles. The highest BCUT2D eigenvalue weighted by Crippen LogP contribution is 2.25. The van der Waals surface area contributed by atoms with Gasteiger partial charge in [-0.3, -0.25) is 9.59 Å². The fraction of sp³-hybridized carbons (Fsp3) is 0.882. The predicted octanol–water partition coefficient (Wildman–Crippen LogP) is 2.82. The maximum Gasteiger partial charge on any atom is 0.246 e. The SMILES string of the molecule is CCC(C)C1NC(=O)C(C(C)C)N(CCC(C)(C)C)C1=O. The van der Waals surface area contributed by atoms with Crippen LogP contribution in [0.4, 0.5) is 0 Å². The van der Waals surface area contributed by atoms with Crippen LogP contribution in [0.2, 0.25) is 0 Å². The molecule has 0 aromatic heterocycles. The number of rotatable bonds is 5. The number of nitrogens with one attached hydrogen (secondary N) is 1. The Labute approximate surface area is 129 Å². The quantitative estimate of drug-likeness (QED) is 0.848. The summed E-state index contributed by atoms with van der Waals surface area (Å²) in [5.41, 5.74) is 0.154. The third kappa shape index (κ3) is 4.45. The maximum absolute atomic E-state index is 12.8. The summed E-state index contributed by atoms with van der Waals surface area (Å²) in [7, 11) is 0. The molecule has 1 N–H and O–H groups in total. The number of hydrogen-bond donors (Lipinski definition) is 1. The van der Waals surface area contributed by atoms with Crippen LogP contribution in [0, 0.1) is 17.3 Å². The van der Waals surface area contributed by atoms with Gasteiger partial charge in [0.1, 0.15) is 12.1 Å². The van der Waals surface area contributed by atoms with Crippen LogP contribution in [-0.2, 0) is 9.59 Å². The summed E-state index contributed by atoms with van der Waals surface area (Å²) in [6.45, 7) is 15.2. The molecule has 4 nitrogen and oxygen atoms in total. The van der Waals surface area contributed by atoms with Gasteiger partial charge in [-0.15, -0.1) is 0 Å². The van der Waals surface area contributed by atoms with Gasteiger partial charge in [-0.25, -0.2) is 0 Å². The molecule has 1 aliphatic rings. The van der Waals surface area contributed by atoms with E-state index in [1.54, 1.807) is 0 Å². The van der Waals surface area contributed by atoms with E-state index in [0.717, 1.165) is 12.8 Å². The first-order valence-electron chi connectivity index (χ1n) is 8.19. The van der Waals surface area contributed by atoms with Gasteiger partial charge < -0.3 is 10.2 Å². The van der Waals surface area contributed by atoms with Crippen LogP contribution in [0.3, 0.4) is 0 Å². The van der Waals surface area contributed by atoms with Crippen molar-refractivity contribution >= 4 is 11.8 Å². The van der Waals surface area contributed by atoms with Crippen molar-refractivity contribution in [3.8, 4) is 0 Å². The Balaban J connectivity index is 2.98. The second kappa shape index (κ2) is 6.80. The van der Waals surface area contributed by atoms with E-state index < -0.39 is 0 Å². The lowest BCUT2D eigenvalue weighted by molar-refractivity contribution is -0.153. The third-order valence-electron chi connectivity index (χ3n) is 4.40. The normalized spacial score (nSPS) is 25.2. The minimum atomic E-state index is -0.363. The van der Waals surface area contributed by atoms with Gasteiger partial charge in [0.25, 0.3) is 0 Å². The zero-order valence-electron chi connectivity index (χ0n) is 14.7. The van der Waals surface area contributed by atoms with E-state index >= 15 is 0 Å². The lowest BCUT2D eigenvalue weighted by Crippen LogP contribution is -2.66. The first kappa shape index (κ1) is 18.0. The van der Waals surface area contributed by atoms with Crippen molar-refractivity contribution in [2.75, 3.05) is 6.54 Å². The largest absolute Gasteiger partial charge is 0.342 e. The summed E-state index contributed by atoms with van der Waals surface area (Å²) < 4.78 is 0. The molecule has 122 valence electrons. The Hall–Kier alpha value is -1.06. The van der Waals surface area contributed by atoms with Gasteiger partial charge in [-0.1, -0.05) is 54.9 Å².